The van der Waals surface area contributed by atoms with Crippen LogP contribution in [0.2, 0.25) is 0 Å². The Kier molecular flexibility index (Phi) is 7.68. The third kappa shape index (κ3) is 6.10. The van der Waals surface area contributed by atoms with Gasteiger partial charge in [-0.1, -0.05) is 19.8 Å². The smallest absolute Gasteiger partial charge is 0.309 e. The standard InChI is InChI=1S/C11H20O4/c1-4-6-7-9(8-10(12)14-3)11(13)15-5-2/h9H,4-8H2,1-3H3. The molecule has 0 saturated carbocycles. The van der Waals surface area contributed by atoms with Crippen molar-refractivity contribution in [1.82, 2.24) is 0 Å². The summed E-state index contributed by atoms with van der Waals surface area (Å²) in [5.74, 6) is -1.00. The predicted octanol–water partition coefficient (Wildman–Crippen LogP) is 1.92. The van der Waals surface area contributed by atoms with Crippen LogP contribution in [0, 0.1) is 5.92 Å². The minimum atomic E-state index is -0.357. The SMILES string of the molecule is CCCCC(CC(=O)OC)C(=O)OCC. The van der Waals surface area contributed by atoms with Gasteiger partial charge in [-0.15, -0.1) is 0 Å². The van der Waals surface area contributed by atoms with Gasteiger partial charge in [0.05, 0.1) is 26.1 Å². The molecule has 0 aromatic carbocycles. The molecule has 15 heavy (non-hydrogen) atoms. The van der Waals surface area contributed by atoms with Crippen molar-refractivity contribution in [2.45, 2.75) is 39.5 Å². The molecule has 0 fully saturated rings. The van der Waals surface area contributed by atoms with Crippen molar-refractivity contribution in [2.75, 3.05) is 13.7 Å². The van der Waals surface area contributed by atoms with Crippen molar-refractivity contribution >= 4 is 11.9 Å². The summed E-state index contributed by atoms with van der Waals surface area (Å²) in [6.45, 7) is 4.15. The molecule has 0 saturated heterocycles. The fourth-order valence-corrected chi connectivity index (χ4v) is 1.30. The Morgan fingerprint density at radius 3 is 2.40 bits per heavy atom. The predicted molar refractivity (Wildman–Crippen MR) is 56.3 cm³/mol. The van der Waals surface area contributed by atoms with Gasteiger partial charge in [0, 0.05) is 0 Å². The Morgan fingerprint density at radius 2 is 1.93 bits per heavy atom. The van der Waals surface area contributed by atoms with Crippen LogP contribution in [0.25, 0.3) is 0 Å². The number of carbonyl (C=O) groups excluding carboxylic acids is 2. The summed E-state index contributed by atoms with van der Waals surface area (Å²) in [7, 11) is 1.32. The lowest BCUT2D eigenvalue weighted by Crippen LogP contribution is -2.21. The van der Waals surface area contributed by atoms with E-state index >= 15 is 0 Å². The van der Waals surface area contributed by atoms with E-state index in [9.17, 15) is 9.59 Å². The van der Waals surface area contributed by atoms with Crippen LogP contribution >= 0.6 is 0 Å². The highest BCUT2D eigenvalue weighted by atomic mass is 16.5. The first-order valence-electron chi connectivity index (χ1n) is 5.39. The first-order valence-corrected chi connectivity index (χ1v) is 5.39. The molecule has 0 bridgehead atoms. The van der Waals surface area contributed by atoms with Gasteiger partial charge in [-0.3, -0.25) is 9.59 Å². The quantitative estimate of drug-likeness (QED) is 0.610. The van der Waals surface area contributed by atoms with Gasteiger partial charge in [-0.25, -0.2) is 0 Å². The Morgan fingerprint density at radius 1 is 1.27 bits per heavy atom. The van der Waals surface area contributed by atoms with E-state index in [1.807, 2.05) is 6.92 Å². The molecule has 0 aliphatic carbocycles. The summed E-state index contributed by atoms with van der Waals surface area (Å²) in [4.78, 5) is 22.5. The zero-order chi connectivity index (χ0) is 11.7. The zero-order valence-corrected chi connectivity index (χ0v) is 9.75. The molecule has 1 atom stereocenters. The molecule has 0 spiro atoms. The lowest BCUT2D eigenvalue weighted by atomic mass is 9.99. The summed E-state index contributed by atoms with van der Waals surface area (Å²) in [6, 6.07) is 0. The zero-order valence-electron chi connectivity index (χ0n) is 9.75. The Hall–Kier alpha value is -1.06. The average Bonchev–Trinajstić information content (AvgIpc) is 2.24. The normalized spacial score (nSPS) is 11.9. The molecule has 0 radical (unpaired) electrons. The molecule has 4 heteroatoms. The van der Waals surface area contributed by atoms with Gasteiger partial charge in [-0.05, 0) is 13.3 Å². The van der Waals surface area contributed by atoms with E-state index in [2.05, 4.69) is 4.74 Å². The molecule has 0 aliphatic heterocycles. The van der Waals surface area contributed by atoms with Crippen molar-refractivity contribution in [2.24, 2.45) is 5.92 Å². The molecule has 0 rings (SSSR count). The van der Waals surface area contributed by atoms with E-state index in [-0.39, 0.29) is 24.3 Å². The van der Waals surface area contributed by atoms with Crippen molar-refractivity contribution in [1.29, 1.82) is 0 Å². The van der Waals surface area contributed by atoms with Crippen molar-refractivity contribution in [3.05, 3.63) is 0 Å². The summed E-state index contributed by atoms with van der Waals surface area (Å²) in [5.41, 5.74) is 0. The first-order chi connectivity index (χ1) is 7.15. The number of rotatable bonds is 7. The molecular weight excluding hydrogens is 196 g/mol. The van der Waals surface area contributed by atoms with Gasteiger partial charge >= 0.3 is 11.9 Å². The number of esters is 2. The molecule has 4 nitrogen and oxygen atoms in total. The van der Waals surface area contributed by atoms with Gasteiger partial charge < -0.3 is 9.47 Å². The van der Waals surface area contributed by atoms with Crippen LogP contribution in [-0.4, -0.2) is 25.7 Å². The molecular formula is C11H20O4. The Balaban J connectivity index is 4.16. The largest absolute Gasteiger partial charge is 0.469 e. The Bertz CT molecular complexity index is 201. The number of hydrogen-bond acceptors (Lipinski definition) is 4. The van der Waals surface area contributed by atoms with Crippen LogP contribution in [-0.2, 0) is 19.1 Å². The number of carbonyl (C=O) groups is 2. The van der Waals surface area contributed by atoms with Crippen LogP contribution in [0.15, 0.2) is 0 Å². The maximum atomic E-state index is 11.5. The maximum Gasteiger partial charge on any atom is 0.309 e. The van der Waals surface area contributed by atoms with Gasteiger partial charge in [0.2, 0.25) is 0 Å². The minimum Gasteiger partial charge on any atom is -0.469 e. The lowest BCUT2D eigenvalue weighted by molar-refractivity contribution is -0.154. The molecule has 0 aliphatic rings. The molecule has 0 heterocycles. The second kappa shape index (κ2) is 8.26. The van der Waals surface area contributed by atoms with Crippen LogP contribution < -0.4 is 0 Å². The Labute approximate surface area is 90.9 Å². The summed E-state index contributed by atoms with van der Waals surface area (Å²) in [6.07, 6.45) is 2.72. The fraction of sp³-hybridized carbons (Fsp3) is 0.818. The van der Waals surface area contributed by atoms with E-state index in [1.54, 1.807) is 6.92 Å². The molecule has 0 N–H and O–H groups in total. The van der Waals surface area contributed by atoms with E-state index in [0.717, 1.165) is 12.8 Å². The monoisotopic (exact) mass is 216 g/mol. The van der Waals surface area contributed by atoms with Crippen LogP contribution in [0.5, 0.6) is 0 Å². The summed E-state index contributed by atoms with van der Waals surface area (Å²) >= 11 is 0. The van der Waals surface area contributed by atoms with E-state index in [0.29, 0.717) is 13.0 Å². The second-order valence-electron chi connectivity index (χ2n) is 3.37. The molecule has 1 unspecified atom stereocenters. The van der Waals surface area contributed by atoms with Gasteiger partial charge in [0.25, 0.3) is 0 Å². The maximum absolute atomic E-state index is 11.5. The lowest BCUT2D eigenvalue weighted by Gasteiger charge is -2.13. The third-order valence-electron chi connectivity index (χ3n) is 2.17. The number of methoxy groups -OCH3 is 1. The highest BCUT2D eigenvalue weighted by molar-refractivity contribution is 5.79. The summed E-state index contributed by atoms with van der Waals surface area (Å²) < 4.78 is 9.44. The van der Waals surface area contributed by atoms with Crippen LogP contribution in [0.3, 0.4) is 0 Å². The number of unbranched alkanes of at least 4 members (excludes halogenated alkanes) is 1. The fourth-order valence-electron chi connectivity index (χ4n) is 1.30. The van der Waals surface area contributed by atoms with Gasteiger partial charge in [0.1, 0.15) is 0 Å². The molecule has 0 amide bonds. The van der Waals surface area contributed by atoms with E-state index in [1.165, 1.54) is 7.11 Å². The first kappa shape index (κ1) is 13.9. The highest BCUT2D eigenvalue weighted by Crippen LogP contribution is 2.15. The van der Waals surface area contributed by atoms with E-state index < -0.39 is 0 Å². The van der Waals surface area contributed by atoms with Crippen LogP contribution in [0.4, 0.5) is 0 Å². The highest BCUT2D eigenvalue weighted by Gasteiger charge is 2.22. The number of hydrogen-bond donors (Lipinski definition) is 0. The minimum absolute atomic E-state index is 0.120. The molecule has 88 valence electrons. The molecule has 0 aromatic rings. The molecule has 0 aromatic heterocycles. The van der Waals surface area contributed by atoms with E-state index in [4.69, 9.17) is 4.74 Å². The van der Waals surface area contributed by atoms with Gasteiger partial charge in [-0.2, -0.15) is 0 Å². The van der Waals surface area contributed by atoms with Crippen molar-refractivity contribution < 1.29 is 19.1 Å². The van der Waals surface area contributed by atoms with Crippen LogP contribution in [0.1, 0.15) is 39.5 Å². The van der Waals surface area contributed by atoms with Gasteiger partial charge in [0.15, 0.2) is 0 Å². The number of ether oxygens (including phenoxy) is 2. The summed E-state index contributed by atoms with van der Waals surface area (Å²) in [5, 5.41) is 0. The van der Waals surface area contributed by atoms with Crippen molar-refractivity contribution in [3.8, 4) is 0 Å². The third-order valence-corrected chi connectivity index (χ3v) is 2.17. The average molecular weight is 216 g/mol. The topological polar surface area (TPSA) is 52.6 Å². The van der Waals surface area contributed by atoms with Crippen molar-refractivity contribution in [3.63, 3.8) is 0 Å². The second-order valence-corrected chi connectivity index (χ2v) is 3.37.